The molecule has 0 saturated carbocycles. The van der Waals surface area contributed by atoms with Gasteiger partial charge in [0.1, 0.15) is 12.4 Å². The van der Waals surface area contributed by atoms with Crippen LogP contribution in [0.25, 0.3) is 0 Å². The lowest BCUT2D eigenvalue weighted by atomic mass is 10.1. The Morgan fingerprint density at radius 3 is 2.94 bits per heavy atom. The van der Waals surface area contributed by atoms with Crippen molar-refractivity contribution in [2.45, 2.75) is 20.3 Å². The summed E-state index contributed by atoms with van der Waals surface area (Å²) in [4.78, 5) is 4.18. The number of aromatic hydroxyl groups is 1. The summed E-state index contributed by atoms with van der Waals surface area (Å²) in [6, 6.07) is 4.18. The van der Waals surface area contributed by atoms with Crippen molar-refractivity contribution in [3.05, 3.63) is 23.3 Å². The summed E-state index contributed by atoms with van der Waals surface area (Å²) in [6.45, 7) is 5.28. The molecule has 0 aromatic heterocycles. The van der Waals surface area contributed by atoms with Gasteiger partial charge >= 0.3 is 0 Å². The summed E-state index contributed by atoms with van der Waals surface area (Å²) in [7, 11) is 0. The van der Waals surface area contributed by atoms with Crippen molar-refractivity contribution < 1.29 is 9.84 Å². The highest BCUT2D eigenvalue weighted by molar-refractivity contribution is 5.92. The topological polar surface area (TPSA) is 53.8 Å². The van der Waals surface area contributed by atoms with Crippen LogP contribution in [0.3, 0.4) is 0 Å². The van der Waals surface area contributed by atoms with E-state index in [9.17, 15) is 5.11 Å². The average Bonchev–Trinajstić information content (AvgIpc) is 2.78. The van der Waals surface area contributed by atoms with Crippen LogP contribution >= 0.6 is 0 Å². The number of nitrogens with zero attached hydrogens (tertiary/aromatic N) is 1. The fourth-order valence-electron chi connectivity index (χ4n) is 1.74. The van der Waals surface area contributed by atoms with Crippen molar-refractivity contribution in [3.8, 4) is 5.75 Å². The number of hydrogen-bond donors (Lipinski definition) is 2. The molecule has 0 amide bonds. The Morgan fingerprint density at radius 1 is 1.50 bits per heavy atom. The van der Waals surface area contributed by atoms with Crippen molar-refractivity contribution >= 4 is 11.7 Å². The van der Waals surface area contributed by atoms with Crippen LogP contribution in [0.2, 0.25) is 0 Å². The molecule has 0 unspecified atom stereocenters. The molecule has 16 heavy (non-hydrogen) atoms. The lowest BCUT2D eigenvalue weighted by molar-refractivity contribution is 0.346. The molecule has 1 aromatic carbocycles. The molecule has 0 bridgehead atoms. The van der Waals surface area contributed by atoms with Crippen LogP contribution in [-0.4, -0.2) is 24.3 Å². The quantitative estimate of drug-likeness (QED) is 0.802. The van der Waals surface area contributed by atoms with E-state index in [1.807, 2.05) is 13.0 Å². The van der Waals surface area contributed by atoms with Crippen LogP contribution in [0.5, 0.6) is 5.75 Å². The molecule has 1 heterocycles. The van der Waals surface area contributed by atoms with Crippen LogP contribution < -0.4 is 5.32 Å². The molecule has 1 aliphatic heterocycles. The maximum Gasteiger partial charge on any atom is 0.289 e. The Balaban J connectivity index is 2.33. The van der Waals surface area contributed by atoms with Crippen LogP contribution in [0.1, 0.15) is 18.1 Å². The molecule has 0 radical (unpaired) electrons. The van der Waals surface area contributed by atoms with Gasteiger partial charge < -0.3 is 15.2 Å². The van der Waals surface area contributed by atoms with E-state index in [0.29, 0.717) is 24.9 Å². The first-order valence-corrected chi connectivity index (χ1v) is 5.48. The van der Waals surface area contributed by atoms with Crippen LogP contribution in [-0.2, 0) is 11.2 Å². The van der Waals surface area contributed by atoms with Gasteiger partial charge in [-0.05, 0) is 25.0 Å². The van der Waals surface area contributed by atoms with Gasteiger partial charge in [-0.2, -0.15) is 0 Å². The first-order valence-electron chi connectivity index (χ1n) is 5.48. The number of phenols is 1. The first kappa shape index (κ1) is 10.8. The molecule has 1 aromatic rings. The number of amidine groups is 1. The van der Waals surface area contributed by atoms with Gasteiger partial charge in [0.15, 0.2) is 0 Å². The highest BCUT2D eigenvalue weighted by Crippen LogP contribution is 2.29. The summed E-state index contributed by atoms with van der Waals surface area (Å²) in [5, 5.41) is 12.8. The van der Waals surface area contributed by atoms with Crippen molar-refractivity contribution in [2.24, 2.45) is 4.99 Å². The molecular formula is C12H16N2O2. The third-order valence-corrected chi connectivity index (χ3v) is 2.72. The SMILES string of the molecule is CCc1ccc(O)c(C)c1NC1=NCCO1. The van der Waals surface area contributed by atoms with E-state index < -0.39 is 0 Å². The fourth-order valence-corrected chi connectivity index (χ4v) is 1.74. The second-order valence-corrected chi connectivity index (χ2v) is 3.76. The first-order chi connectivity index (χ1) is 7.72. The lowest BCUT2D eigenvalue weighted by Crippen LogP contribution is -2.14. The zero-order valence-corrected chi connectivity index (χ0v) is 9.58. The van der Waals surface area contributed by atoms with Gasteiger partial charge in [0.25, 0.3) is 6.02 Å². The molecule has 2 rings (SSSR count). The van der Waals surface area contributed by atoms with E-state index in [0.717, 1.165) is 23.2 Å². The molecular weight excluding hydrogens is 204 g/mol. The molecule has 4 heteroatoms. The zero-order valence-electron chi connectivity index (χ0n) is 9.58. The van der Waals surface area contributed by atoms with Gasteiger partial charge in [0, 0.05) is 5.56 Å². The minimum absolute atomic E-state index is 0.290. The van der Waals surface area contributed by atoms with Crippen molar-refractivity contribution in [2.75, 3.05) is 18.5 Å². The highest BCUT2D eigenvalue weighted by atomic mass is 16.5. The van der Waals surface area contributed by atoms with Gasteiger partial charge in [0.05, 0.1) is 12.2 Å². The van der Waals surface area contributed by atoms with Crippen LogP contribution in [0.4, 0.5) is 5.69 Å². The van der Waals surface area contributed by atoms with E-state index in [-0.39, 0.29) is 0 Å². The second-order valence-electron chi connectivity index (χ2n) is 3.76. The maximum atomic E-state index is 9.67. The number of aliphatic imine (C=N–C) groups is 1. The van der Waals surface area contributed by atoms with Gasteiger partial charge in [-0.3, -0.25) is 0 Å². The second kappa shape index (κ2) is 4.43. The van der Waals surface area contributed by atoms with E-state index in [2.05, 4.69) is 17.2 Å². The number of phenolic OH excluding ortho intramolecular Hbond substituents is 1. The van der Waals surface area contributed by atoms with Crippen LogP contribution in [0, 0.1) is 6.92 Å². The molecule has 86 valence electrons. The standard InChI is InChI=1S/C12H16N2O2/c1-3-9-4-5-10(15)8(2)11(9)14-12-13-6-7-16-12/h4-5,15H,3,6-7H2,1-2H3,(H,13,14). The normalized spacial score (nSPS) is 14.5. The number of nitrogens with one attached hydrogen (secondary N) is 1. The summed E-state index contributed by atoms with van der Waals surface area (Å²) in [5.41, 5.74) is 2.88. The van der Waals surface area contributed by atoms with E-state index in [1.54, 1.807) is 6.07 Å². The number of aryl methyl sites for hydroxylation is 1. The largest absolute Gasteiger partial charge is 0.508 e. The van der Waals surface area contributed by atoms with E-state index in [4.69, 9.17) is 4.74 Å². The van der Waals surface area contributed by atoms with Crippen molar-refractivity contribution in [1.82, 2.24) is 0 Å². The summed E-state index contributed by atoms with van der Waals surface area (Å²) in [6.07, 6.45) is 0.900. The number of benzene rings is 1. The third kappa shape index (κ3) is 1.96. The van der Waals surface area contributed by atoms with Gasteiger partial charge in [-0.25, -0.2) is 4.99 Å². The molecule has 1 aliphatic rings. The number of hydrogen-bond acceptors (Lipinski definition) is 4. The van der Waals surface area contributed by atoms with Gasteiger partial charge in [-0.15, -0.1) is 0 Å². The zero-order chi connectivity index (χ0) is 11.5. The van der Waals surface area contributed by atoms with Gasteiger partial charge in [0.2, 0.25) is 0 Å². The van der Waals surface area contributed by atoms with Crippen molar-refractivity contribution in [3.63, 3.8) is 0 Å². The van der Waals surface area contributed by atoms with Gasteiger partial charge in [-0.1, -0.05) is 13.0 Å². The fraction of sp³-hybridized carbons (Fsp3) is 0.417. The molecule has 4 nitrogen and oxygen atoms in total. The summed E-state index contributed by atoms with van der Waals surface area (Å²) < 4.78 is 5.31. The number of rotatable bonds is 2. The molecule has 0 aliphatic carbocycles. The summed E-state index contributed by atoms with van der Waals surface area (Å²) >= 11 is 0. The number of ether oxygens (including phenoxy) is 1. The molecule has 2 N–H and O–H groups in total. The maximum absolute atomic E-state index is 9.67. The Bertz CT molecular complexity index is 427. The highest BCUT2D eigenvalue weighted by Gasteiger charge is 2.13. The minimum atomic E-state index is 0.290. The molecule has 0 fully saturated rings. The van der Waals surface area contributed by atoms with E-state index >= 15 is 0 Å². The summed E-state index contributed by atoms with van der Waals surface area (Å²) in [5.74, 6) is 0.290. The third-order valence-electron chi connectivity index (χ3n) is 2.72. The predicted molar refractivity (Wildman–Crippen MR) is 64.1 cm³/mol. The minimum Gasteiger partial charge on any atom is -0.508 e. The smallest absolute Gasteiger partial charge is 0.289 e. The Kier molecular flexibility index (Phi) is 2.99. The molecule has 0 spiro atoms. The number of anilines is 1. The van der Waals surface area contributed by atoms with E-state index in [1.165, 1.54) is 0 Å². The van der Waals surface area contributed by atoms with Crippen molar-refractivity contribution in [1.29, 1.82) is 0 Å². The lowest BCUT2D eigenvalue weighted by Gasteiger charge is -2.14. The molecule has 0 atom stereocenters. The van der Waals surface area contributed by atoms with Crippen LogP contribution in [0.15, 0.2) is 17.1 Å². The molecule has 0 saturated heterocycles. The Hall–Kier alpha value is -1.71. The Morgan fingerprint density at radius 2 is 2.31 bits per heavy atom. The monoisotopic (exact) mass is 220 g/mol. The average molecular weight is 220 g/mol. The predicted octanol–water partition coefficient (Wildman–Crippen LogP) is 2.06. The Labute approximate surface area is 95.0 Å².